The lowest BCUT2D eigenvalue weighted by Crippen LogP contribution is -2.01. The minimum Gasteiger partial charge on any atom is -0.369 e. The van der Waals surface area contributed by atoms with E-state index in [1.807, 2.05) is 25.1 Å². The van der Waals surface area contributed by atoms with Crippen LogP contribution in [0.1, 0.15) is 6.92 Å². The summed E-state index contributed by atoms with van der Waals surface area (Å²) in [4.78, 5) is 4.44. The first-order chi connectivity index (χ1) is 8.61. The topological polar surface area (TPSA) is 24.9 Å². The van der Waals surface area contributed by atoms with E-state index in [1.165, 1.54) is 0 Å². The van der Waals surface area contributed by atoms with Crippen molar-refractivity contribution in [1.29, 1.82) is 0 Å². The third kappa shape index (κ3) is 2.89. The van der Waals surface area contributed by atoms with Gasteiger partial charge in [0.05, 0.1) is 15.7 Å². The molecule has 0 unspecified atom stereocenters. The summed E-state index contributed by atoms with van der Waals surface area (Å²) in [6.45, 7) is 2.72. The molecule has 1 aromatic carbocycles. The normalized spacial score (nSPS) is 10.4. The minimum absolute atomic E-state index is 0.504. The molecule has 1 N–H and O–H groups in total. The lowest BCUT2D eigenvalue weighted by molar-refractivity contribution is 1.16. The van der Waals surface area contributed by atoms with Gasteiger partial charge in [0.25, 0.3) is 0 Å². The van der Waals surface area contributed by atoms with Crippen molar-refractivity contribution in [3.05, 3.63) is 45.4 Å². The molecule has 2 nitrogen and oxygen atoms in total. The highest BCUT2D eigenvalue weighted by Crippen LogP contribution is 2.33. The van der Waals surface area contributed by atoms with Crippen molar-refractivity contribution in [2.24, 2.45) is 0 Å². The van der Waals surface area contributed by atoms with Crippen LogP contribution in [0.15, 0.2) is 30.3 Å². The number of aromatic nitrogens is 1. The summed E-state index contributed by atoms with van der Waals surface area (Å²) < 4.78 is 0. The minimum atomic E-state index is 0.504. The van der Waals surface area contributed by atoms with Crippen LogP contribution in [0.4, 0.5) is 5.82 Å². The summed E-state index contributed by atoms with van der Waals surface area (Å²) in [6.07, 6.45) is 0. The standard InChI is InChI=1S/C13H11Cl3N2/c1-2-17-13-11(16)7-10(15)12(18-13)8-4-3-5-9(14)6-8/h3-7H,2H2,1H3,(H,17,18). The summed E-state index contributed by atoms with van der Waals surface area (Å²) in [5.74, 6) is 0.624. The number of hydrogen-bond donors (Lipinski definition) is 1. The van der Waals surface area contributed by atoms with Crippen LogP contribution in [0.5, 0.6) is 0 Å². The monoisotopic (exact) mass is 300 g/mol. The molecule has 0 amide bonds. The Morgan fingerprint density at radius 1 is 1.11 bits per heavy atom. The number of halogens is 3. The van der Waals surface area contributed by atoms with Gasteiger partial charge < -0.3 is 5.32 Å². The molecule has 0 radical (unpaired) electrons. The maximum absolute atomic E-state index is 6.17. The highest BCUT2D eigenvalue weighted by molar-refractivity contribution is 6.37. The lowest BCUT2D eigenvalue weighted by Gasteiger charge is -2.10. The van der Waals surface area contributed by atoms with Crippen molar-refractivity contribution in [3.8, 4) is 11.3 Å². The Hall–Kier alpha value is -0.960. The van der Waals surface area contributed by atoms with E-state index >= 15 is 0 Å². The summed E-state index contributed by atoms with van der Waals surface area (Å²) >= 11 is 18.2. The molecule has 2 rings (SSSR count). The number of nitrogens with zero attached hydrogens (tertiary/aromatic N) is 1. The number of rotatable bonds is 3. The average molecular weight is 302 g/mol. The Bertz CT molecular complexity index is 570. The van der Waals surface area contributed by atoms with Gasteiger partial charge in [0.2, 0.25) is 0 Å². The van der Waals surface area contributed by atoms with Crippen LogP contribution in [0.3, 0.4) is 0 Å². The number of benzene rings is 1. The molecule has 5 heteroatoms. The highest BCUT2D eigenvalue weighted by Gasteiger charge is 2.11. The molecule has 2 aromatic rings. The predicted octanol–water partition coefficient (Wildman–Crippen LogP) is 5.14. The van der Waals surface area contributed by atoms with Crippen molar-refractivity contribution in [3.63, 3.8) is 0 Å². The average Bonchev–Trinajstić information content (AvgIpc) is 2.33. The third-order valence-electron chi connectivity index (χ3n) is 2.37. The molecule has 0 saturated heterocycles. The Morgan fingerprint density at radius 3 is 2.56 bits per heavy atom. The quantitative estimate of drug-likeness (QED) is 0.849. The zero-order valence-corrected chi connectivity index (χ0v) is 11.9. The van der Waals surface area contributed by atoms with Gasteiger partial charge in [-0.3, -0.25) is 0 Å². The van der Waals surface area contributed by atoms with Gasteiger partial charge in [-0.2, -0.15) is 0 Å². The Balaban J connectivity index is 2.53. The van der Waals surface area contributed by atoms with Crippen molar-refractivity contribution < 1.29 is 0 Å². The molecule has 0 aliphatic carbocycles. The van der Waals surface area contributed by atoms with Gasteiger partial charge in [-0.15, -0.1) is 0 Å². The summed E-state index contributed by atoms with van der Waals surface area (Å²) in [7, 11) is 0. The van der Waals surface area contributed by atoms with E-state index in [9.17, 15) is 0 Å². The van der Waals surface area contributed by atoms with Crippen LogP contribution in [0.2, 0.25) is 15.1 Å². The molecule has 0 saturated carbocycles. The van der Waals surface area contributed by atoms with E-state index in [1.54, 1.807) is 12.1 Å². The van der Waals surface area contributed by atoms with E-state index in [0.717, 1.165) is 12.1 Å². The lowest BCUT2D eigenvalue weighted by atomic mass is 10.1. The number of hydrogen-bond acceptors (Lipinski definition) is 2. The Morgan fingerprint density at radius 2 is 1.89 bits per heavy atom. The van der Waals surface area contributed by atoms with Crippen molar-refractivity contribution in [2.45, 2.75) is 6.92 Å². The molecule has 1 aromatic heterocycles. The molecular formula is C13H11Cl3N2. The van der Waals surface area contributed by atoms with Crippen LogP contribution >= 0.6 is 34.8 Å². The van der Waals surface area contributed by atoms with E-state index in [0.29, 0.717) is 26.6 Å². The molecular weight excluding hydrogens is 291 g/mol. The van der Waals surface area contributed by atoms with Gasteiger partial charge in [-0.05, 0) is 25.1 Å². The molecule has 0 fully saturated rings. The van der Waals surface area contributed by atoms with Crippen molar-refractivity contribution in [1.82, 2.24) is 4.98 Å². The fourth-order valence-corrected chi connectivity index (χ4v) is 2.32. The van der Waals surface area contributed by atoms with Crippen LogP contribution in [0, 0.1) is 0 Å². The van der Waals surface area contributed by atoms with Gasteiger partial charge >= 0.3 is 0 Å². The largest absolute Gasteiger partial charge is 0.369 e. The summed E-state index contributed by atoms with van der Waals surface area (Å²) in [5, 5.41) is 4.75. The molecule has 94 valence electrons. The van der Waals surface area contributed by atoms with Gasteiger partial charge in [0.1, 0.15) is 5.82 Å². The van der Waals surface area contributed by atoms with Gasteiger partial charge in [0, 0.05) is 17.1 Å². The fraction of sp³-hybridized carbons (Fsp3) is 0.154. The maximum atomic E-state index is 6.17. The molecule has 0 bridgehead atoms. The fourth-order valence-electron chi connectivity index (χ4n) is 1.60. The highest BCUT2D eigenvalue weighted by atomic mass is 35.5. The zero-order chi connectivity index (χ0) is 13.1. The second-order valence-electron chi connectivity index (χ2n) is 3.69. The van der Waals surface area contributed by atoms with E-state index in [2.05, 4.69) is 10.3 Å². The molecule has 18 heavy (non-hydrogen) atoms. The first-order valence-electron chi connectivity index (χ1n) is 5.47. The molecule has 0 spiro atoms. The number of pyridine rings is 1. The molecule has 1 heterocycles. The first-order valence-corrected chi connectivity index (χ1v) is 6.61. The molecule has 0 aliphatic rings. The van der Waals surface area contributed by atoms with Crippen LogP contribution in [0.25, 0.3) is 11.3 Å². The Kier molecular flexibility index (Phi) is 4.33. The smallest absolute Gasteiger partial charge is 0.145 e. The maximum Gasteiger partial charge on any atom is 0.145 e. The van der Waals surface area contributed by atoms with Gasteiger partial charge in [-0.1, -0.05) is 46.9 Å². The second kappa shape index (κ2) is 5.79. The van der Waals surface area contributed by atoms with E-state index in [-0.39, 0.29) is 0 Å². The summed E-state index contributed by atoms with van der Waals surface area (Å²) in [5.41, 5.74) is 1.53. The van der Waals surface area contributed by atoms with E-state index < -0.39 is 0 Å². The van der Waals surface area contributed by atoms with Gasteiger partial charge in [0.15, 0.2) is 0 Å². The Labute approximate surface area is 121 Å². The first kappa shape index (κ1) is 13.5. The molecule has 0 aliphatic heterocycles. The number of nitrogens with one attached hydrogen (secondary N) is 1. The zero-order valence-electron chi connectivity index (χ0n) is 9.67. The van der Waals surface area contributed by atoms with E-state index in [4.69, 9.17) is 34.8 Å². The van der Waals surface area contributed by atoms with Crippen molar-refractivity contribution >= 4 is 40.6 Å². The third-order valence-corrected chi connectivity index (χ3v) is 3.18. The van der Waals surface area contributed by atoms with Gasteiger partial charge in [-0.25, -0.2) is 4.98 Å². The predicted molar refractivity (Wildman–Crippen MR) is 78.9 cm³/mol. The second-order valence-corrected chi connectivity index (χ2v) is 4.94. The van der Waals surface area contributed by atoms with Crippen LogP contribution in [-0.2, 0) is 0 Å². The molecule has 0 atom stereocenters. The summed E-state index contributed by atoms with van der Waals surface area (Å²) in [6, 6.07) is 9.07. The van der Waals surface area contributed by atoms with Crippen LogP contribution < -0.4 is 5.32 Å². The SMILES string of the molecule is CCNc1nc(-c2cccc(Cl)c2)c(Cl)cc1Cl. The number of anilines is 1. The van der Waals surface area contributed by atoms with Crippen molar-refractivity contribution in [2.75, 3.05) is 11.9 Å². The van der Waals surface area contributed by atoms with Crippen LogP contribution in [-0.4, -0.2) is 11.5 Å².